The summed E-state index contributed by atoms with van der Waals surface area (Å²) in [6.45, 7) is 2.82. The van der Waals surface area contributed by atoms with Gasteiger partial charge in [0.25, 0.3) is 0 Å². The van der Waals surface area contributed by atoms with Crippen molar-refractivity contribution in [3.05, 3.63) is 52.8 Å². The molecule has 19 heavy (non-hydrogen) atoms. The van der Waals surface area contributed by atoms with Crippen LogP contribution in [0, 0.1) is 0 Å². The first-order chi connectivity index (χ1) is 9.00. The number of hydrogen-bond acceptors (Lipinski definition) is 3. The predicted octanol–water partition coefficient (Wildman–Crippen LogP) is 2.07. The van der Waals surface area contributed by atoms with E-state index in [0.29, 0.717) is 18.1 Å². The lowest BCUT2D eigenvalue weighted by molar-refractivity contribution is 0.0566. The Morgan fingerprint density at radius 2 is 2.11 bits per heavy atom. The molecule has 0 aliphatic heterocycles. The molecular weight excluding hydrogens is 262 g/mol. The fourth-order valence-electron chi connectivity index (χ4n) is 2.00. The second-order valence-electron chi connectivity index (χ2n) is 4.80. The monoisotopic (exact) mass is 279 g/mol. The zero-order chi connectivity index (χ0) is 13.9. The number of hydrogen-bond donors (Lipinski definition) is 2. The van der Waals surface area contributed by atoms with E-state index >= 15 is 0 Å². The fraction of sp³-hybridized carbons (Fsp3) is 0.357. The molecule has 2 N–H and O–H groups in total. The molecule has 0 aliphatic rings. The number of nitrogens with zero attached hydrogens (tertiary/aromatic N) is 2. The standard InChI is InChI=1S/C14H18ClN3O/c1-14(19,12-5-3-4-6-13(12)15)10-16-9-11-7-8-17-18(11)2/h3-8,16,19H,9-10H2,1-2H3. The van der Waals surface area contributed by atoms with Crippen LogP contribution in [0.3, 0.4) is 0 Å². The molecule has 4 nitrogen and oxygen atoms in total. The molecule has 1 unspecified atom stereocenters. The molecule has 0 saturated carbocycles. The van der Waals surface area contributed by atoms with E-state index in [1.54, 1.807) is 23.9 Å². The predicted molar refractivity (Wildman–Crippen MR) is 75.9 cm³/mol. The average Bonchev–Trinajstić information content (AvgIpc) is 2.75. The SMILES string of the molecule is Cn1nccc1CNCC(C)(O)c1ccccc1Cl. The van der Waals surface area contributed by atoms with Gasteiger partial charge in [-0.1, -0.05) is 29.8 Å². The van der Waals surface area contributed by atoms with Crippen molar-refractivity contribution in [2.45, 2.75) is 19.1 Å². The van der Waals surface area contributed by atoms with Gasteiger partial charge in [-0.3, -0.25) is 4.68 Å². The lowest BCUT2D eigenvalue weighted by Gasteiger charge is -2.25. The van der Waals surface area contributed by atoms with Gasteiger partial charge < -0.3 is 10.4 Å². The van der Waals surface area contributed by atoms with E-state index < -0.39 is 5.60 Å². The molecule has 5 heteroatoms. The number of aryl methyl sites for hydroxylation is 1. The van der Waals surface area contributed by atoms with Crippen LogP contribution in [0.1, 0.15) is 18.2 Å². The molecule has 2 rings (SSSR count). The molecule has 1 heterocycles. The van der Waals surface area contributed by atoms with Gasteiger partial charge in [-0.05, 0) is 19.1 Å². The van der Waals surface area contributed by atoms with E-state index in [2.05, 4.69) is 10.4 Å². The lowest BCUT2D eigenvalue weighted by atomic mass is 9.96. The first-order valence-electron chi connectivity index (χ1n) is 6.16. The van der Waals surface area contributed by atoms with Gasteiger partial charge in [-0.25, -0.2) is 0 Å². The van der Waals surface area contributed by atoms with Gasteiger partial charge in [0, 0.05) is 36.9 Å². The van der Waals surface area contributed by atoms with E-state index in [1.165, 1.54) is 0 Å². The largest absolute Gasteiger partial charge is 0.384 e. The Bertz CT molecular complexity index is 551. The third-order valence-electron chi connectivity index (χ3n) is 3.15. The molecule has 0 bridgehead atoms. The molecule has 1 aromatic heterocycles. The Kier molecular flexibility index (Phi) is 4.24. The second kappa shape index (κ2) is 5.74. The van der Waals surface area contributed by atoms with Gasteiger partial charge in [0.15, 0.2) is 0 Å². The van der Waals surface area contributed by atoms with Gasteiger partial charge in [-0.15, -0.1) is 0 Å². The Labute approximate surface area is 118 Å². The minimum absolute atomic E-state index is 0.419. The molecule has 0 radical (unpaired) electrons. The van der Waals surface area contributed by atoms with Crippen molar-refractivity contribution in [3.8, 4) is 0 Å². The van der Waals surface area contributed by atoms with E-state index in [9.17, 15) is 5.11 Å². The number of benzene rings is 1. The zero-order valence-electron chi connectivity index (χ0n) is 11.1. The summed E-state index contributed by atoms with van der Waals surface area (Å²) in [5, 5.41) is 18.4. The molecule has 2 aromatic rings. The normalized spacial score (nSPS) is 14.3. The van der Waals surface area contributed by atoms with Crippen LogP contribution in [0.25, 0.3) is 0 Å². The molecule has 0 fully saturated rings. The lowest BCUT2D eigenvalue weighted by Crippen LogP contribution is -2.35. The summed E-state index contributed by atoms with van der Waals surface area (Å²) < 4.78 is 1.80. The van der Waals surface area contributed by atoms with Crippen molar-refractivity contribution in [2.24, 2.45) is 7.05 Å². The van der Waals surface area contributed by atoms with Crippen LogP contribution in [0.2, 0.25) is 5.02 Å². The molecule has 0 aliphatic carbocycles. The number of aromatic nitrogens is 2. The van der Waals surface area contributed by atoms with Crippen LogP contribution in [0.5, 0.6) is 0 Å². The zero-order valence-corrected chi connectivity index (χ0v) is 11.9. The third kappa shape index (κ3) is 3.35. The van der Waals surface area contributed by atoms with Crippen LogP contribution in [-0.4, -0.2) is 21.4 Å². The van der Waals surface area contributed by atoms with E-state index in [0.717, 1.165) is 11.3 Å². The summed E-state index contributed by atoms with van der Waals surface area (Å²) in [4.78, 5) is 0. The highest BCUT2D eigenvalue weighted by Crippen LogP contribution is 2.27. The van der Waals surface area contributed by atoms with Gasteiger partial charge in [0.05, 0.1) is 5.69 Å². The highest BCUT2D eigenvalue weighted by atomic mass is 35.5. The first kappa shape index (κ1) is 14.1. The van der Waals surface area contributed by atoms with Crippen molar-refractivity contribution in [2.75, 3.05) is 6.54 Å². The second-order valence-corrected chi connectivity index (χ2v) is 5.21. The summed E-state index contributed by atoms with van der Waals surface area (Å²) in [5.41, 5.74) is 0.792. The summed E-state index contributed by atoms with van der Waals surface area (Å²) in [7, 11) is 1.89. The maximum absolute atomic E-state index is 10.5. The van der Waals surface area contributed by atoms with Gasteiger partial charge in [0.2, 0.25) is 0 Å². The Balaban J connectivity index is 1.98. The van der Waals surface area contributed by atoms with E-state index in [4.69, 9.17) is 11.6 Å². The molecule has 0 saturated heterocycles. The number of nitrogens with one attached hydrogen (secondary N) is 1. The highest BCUT2D eigenvalue weighted by molar-refractivity contribution is 6.31. The Hall–Kier alpha value is -1.36. The van der Waals surface area contributed by atoms with Gasteiger partial charge in [-0.2, -0.15) is 5.10 Å². The number of halogens is 1. The average molecular weight is 280 g/mol. The van der Waals surface area contributed by atoms with Crippen LogP contribution < -0.4 is 5.32 Å². The van der Waals surface area contributed by atoms with Crippen LogP contribution in [0.15, 0.2) is 36.5 Å². The molecule has 0 amide bonds. The van der Waals surface area contributed by atoms with Crippen molar-refractivity contribution >= 4 is 11.6 Å². The van der Waals surface area contributed by atoms with Gasteiger partial charge >= 0.3 is 0 Å². The Morgan fingerprint density at radius 1 is 1.37 bits per heavy atom. The van der Waals surface area contributed by atoms with Crippen molar-refractivity contribution in [1.82, 2.24) is 15.1 Å². The molecular formula is C14H18ClN3O. The fourth-order valence-corrected chi connectivity index (χ4v) is 2.34. The number of rotatable bonds is 5. The quantitative estimate of drug-likeness (QED) is 0.881. The van der Waals surface area contributed by atoms with E-state index in [-0.39, 0.29) is 0 Å². The summed E-state index contributed by atoms with van der Waals surface area (Å²) in [6, 6.07) is 9.29. The summed E-state index contributed by atoms with van der Waals surface area (Å²) in [5.74, 6) is 0. The topological polar surface area (TPSA) is 50.1 Å². The summed E-state index contributed by atoms with van der Waals surface area (Å²) >= 11 is 6.11. The van der Waals surface area contributed by atoms with Crippen molar-refractivity contribution in [3.63, 3.8) is 0 Å². The van der Waals surface area contributed by atoms with Gasteiger partial charge in [0.1, 0.15) is 5.60 Å². The molecule has 1 atom stereocenters. The molecule has 102 valence electrons. The number of aliphatic hydroxyl groups is 1. The van der Waals surface area contributed by atoms with E-state index in [1.807, 2.05) is 31.3 Å². The van der Waals surface area contributed by atoms with Crippen molar-refractivity contribution < 1.29 is 5.11 Å². The first-order valence-corrected chi connectivity index (χ1v) is 6.53. The minimum atomic E-state index is -1.00. The molecule has 1 aromatic carbocycles. The molecule has 0 spiro atoms. The maximum Gasteiger partial charge on any atom is 0.101 e. The summed E-state index contributed by atoms with van der Waals surface area (Å²) in [6.07, 6.45) is 1.75. The van der Waals surface area contributed by atoms with Crippen molar-refractivity contribution in [1.29, 1.82) is 0 Å². The smallest absolute Gasteiger partial charge is 0.101 e. The Morgan fingerprint density at radius 3 is 2.74 bits per heavy atom. The van der Waals surface area contributed by atoms with Crippen LogP contribution in [0.4, 0.5) is 0 Å². The van der Waals surface area contributed by atoms with Crippen LogP contribution in [-0.2, 0) is 19.2 Å². The highest BCUT2D eigenvalue weighted by Gasteiger charge is 2.24. The third-order valence-corrected chi connectivity index (χ3v) is 3.48. The minimum Gasteiger partial charge on any atom is -0.384 e. The van der Waals surface area contributed by atoms with Crippen LogP contribution >= 0.6 is 11.6 Å². The maximum atomic E-state index is 10.5.